The van der Waals surface area contributed by atoms with E-state index >= 15 is 0 Å². The number of hydrogen-bond acceptors (Lipinski definition) is 8. The summed E-state index contributed by atoms with van der Waals surface area (Å²) in [4.78, 5) is 43.3. The molecular formula is C18H27ClN2O7. The number of hydrogen-bond donors (Lipinski definition) is 3. The minimum Gasteiger partial charge on any atom is -0.507 e. The molecule has 0 aliphatic carbocycles. The number of primary amides is 1. The van der Waals surface area contributed by atoms with E-state index in [1.165, 1.54) is 25.3 Å². The van der Waals surface area contributed by atoms with Crippen LogP contribution in [0.15, 0.2) is 18.2 Å². The molecular weight excluding hydrogens is 392 g/mol. The van der Waals surface area contributed by atoms with E-state index < -0.39 is 23.5 Å². The minimum atomic E-state index is -0.775. The molecule has 1 aromatic rings. The number of rotatable bonds is 6. The number of phenolic OH excluding ortho intramolecular Hbond substituents is 1. The lowest BCUT2D eigenvalue weighted by atomic mass is 10.1. The van der Waals surface area contributed by atoms with Gasteiger partial charge in [0.15, 0.2) is 6.29 Å². The number of carbonyl (C=O) groups is 4. The Morgan fingerprint density at radius 2 is 1.82 bits per heavy atom. The molecule has 1 atom stereocenters. The summed E-state index contributed by atoms with van der Waals surface area (Å²) in [5, 5.41) is 9.20. The van der Waals surface area contributed by atoms with Crippen LogP contribution in [0.1, 0.15) is 54.3 Å². The zero-order chi connectivity index (χ0) is 21.2. The lowest BCUT2D eigenvalue weighted by Crippen LogP contribution is -2.37. The summed E-state index contributed by atoms with van der Waals surface area (Å²) < 4.78 is 9.45. The average Bonchev–Trinajstić information content (AvgIpc) is 2.57. The third kappa shape index (κ3) is 10.5. The van der Waals surface area contributed by atoms with E-state index in [2.05, 4.69) is 4.74 Å². The first-order valence-corrected chi connectivity index (χ1v) is 8.05. The zero-order valence-electron chi connectivity index (χ0n) is 16.3. The van der Waals surface area contributed by atoms with Gasteiger partial charge in [0.05, 0.1) is 24.3 Å². The van der Waals surface area contributed by atoms with Gasteiger partial charge in [-0.25, -0.2) is 4.79 Å². The molecule has 0 spiro atoms. The molecule has 1 amide bonds. The van der Waals surface area contributed by atoms with Crippen LogP contribution in [0.2, 0.25) is 0 Å². The van der Waals surface area contributed by atoms with Crippen molar-refractivity contribution in [1.29, 1.82) is 0 Å². The van der Waals surface area contributed by atoms with Gasteiger partial charge < -0.3 is 26.0 Å². The molecule has 28 heavy (non-hydrogen) atoms. The molecule has 0 saturated heterocycles. The second-order valence-electron chi connectivity index (χ2n) is 6.48. The Morgan fingerprint density at radius 1 is 1.25 bits per heavy atom. The number of carbonyl (C=O) groups excluding carboxylic acids is 4. The molecule has 0 aromatic heterocycles. The number of ether oxygens (including phenoxy) is 2. The molecule has 0 radical (unpaired) electrons. The van der Waals surface area contributed by atoms with Gasteiger partial charge in [0.25, 0.3) is 0 Å². The quantitative estimate of drug-likeness (QED) is 0.460. The molecule has 158 valence electrons. The van der Waals surface area contributed by atoms with Crippen LogP contribution in [0.3, 0.4) is 0 Å². The van der Waals surface area contributed by atoms with Crippen molar-refractivity contribution >= 4 is 36.5 Å². The van der Waals surface area contributed by atoms with E-state index in [1.807, 2.05) is 0 Å². The fourth-order valence-electron chi connectivity index (χ4n) is 1.77. The molecule has 1 rings (SSSR count). The van der Waals surface area contributed by atoms with Crippen LogP contribution < -0.4 is 11.5 Å². The first-order valence-electron chi connectivity index (χ1n) is 8.05. The predicted molar refractivity (Wildman–Crippen MR) is 104 cm³/mol. The molecule has 10 heteroatoms. The maximum atomic E-state index is 11.2. The summed E-state index contributed by atoms with van der Waals surface area (Å²) in [6.45, 7) is 5.33. The largest absolute Gasteiger partial charge is 0.507 e. The van der Waals surface area contributed by atoms with Crippen LogP contribution in [0.4, 0.5) is 0 Å². The standard InChI is InChI=1S/C9H18N2O3.C9H8O4.ClH/c1-9(2,3)14-7(12)5-4-6(10)8(11)13;1-13-9(12)6-3-2-4-8(11)7(6)5-10;/h6H,4-5,10H2,1-3H3,(H2,11,13);2-5,11H,1H3;1H/t6-;;/m0../s1. The van der Waals surface area contributed by atoms with Gasteiger partial charge in [-0.3, -0.25) is 14.4 Å². The molecule has 0 saturated carbocycles. The van der Waals surface area contributed by atoms with Gasteiger partial charge in [-0.05, 0) is 39.3 Å². The van der Waals surface area contributed by atoms with Crippen LogP contribution in [-0.2, 0) is 19.1 Å². The van der Waals surface area contributed by atoms with E-state index in [0.29, 0.717) is 6.29 Å². The van der Waals surface area contributed by atoms with Gasteiger partial charge in [-0.1, -0.05) is 6.07 Å². The number of esters is 2. The van der Waals surface area contributed by atoms with Crippen LogP contribution in [0.25, 0.3) is 0 Å². The highest BCUT2D eigenvalue weighted by molar-refractivity contribution is 5.99. The fraction of sp³-hybridized carbons (Fsp3) is 0.444. The summed E-state index contributed by atoms with van der Waals surface area (Å²) in [6.07, 6.45) is 0.757. The normalized spacial score (nSPS) is 11.0. The zero-order valence-corrected chi connectivity index (χ0v) is 17.1. The van der Waals surface area contributed by atoms with Gasteiger partial charge in [0, 0.05) is 6.42 Å². The van der Waals surface area contributed by atoms with Crippen molar-refractivity contribution in [3.63, 3.8) is 0 Å². The number of aromatic hydroxyl groups is 1. The number of halogens is 1. The van der Waals surface area contributed by atoms with Crippen molar-refractivity contribution in [2.75, 3.05) is 7.11 Å². The Balaban J connectivity index is 0. The number of methoxy groups -OCH3 is 1. The predicted octanol–water partition coefficient (Wildman–Crippen LogP) is 1.33. The van der Waals surface area contributed by atoms with E-state index in [9.17, 15) is 24.3 Å². The lowest BCUT2D eigenvalue weighted by Gasteiger charge is -2.19. The summed E-state index contributed by atoms with van der Waals surface area (Å²) in [7, 11) is 1.21. The van der Waals surface area contributed by atoms with Crippen LogP contribution in [0, 0.1) is 0 Å². The van der Waals surface area contributed by atoms with Gasteiger partial charge in [0.2, 0.25) is 5.91 Å². The van der Waals surface area contributed by atoms with E-state index in [1.54, 1.807) is 20.8 Å². The second kappa shape index (κ2) is 12.7. The van der Waals surface area contributed by atoms with Crippen molar-refractivity contribution in [2.24, 2.45) is 11.5 Å². The molecule has 0 unspecified atom stereocenters. The Labute approximate surface area is 169 Å². The Bertz CT molecular complexity index is 687. The topological polar surface area (TPSA) is 159 Å². The minimum absolute atomic E-state index is 0. The average molecular weight is 419 g/mol. The Hall–Kier alpha value is -2.65. The Kier molecular flexibility index (Phi) is 12.5. The highest BCUT2D eigenvalue weighted by atomic mass is 35.5. The number of nitrogens with two attached hydrogens (primary N) is 2. The molecule has 0 fully saturated rings. The number of benzene rings is 1. The first kappa shape index (κ1) is 27.6. The third-order valence-electron chi connectivity index (χ3n) is 3.05. The van der Waals surface area contributed by atoms with Gasteiger partial charge in [-0.15, -0.1) is 12.4 Å². The smallest absolute Gasteiger partial charge is 0.338 e. The summed E-state index contributed by atoms with van der Waals surface area (Å²) in [5.41, 5.74) is 9.79. The first-order chi connectivity index (χ1) is 12.4. The molecule has 9 nitrogen and oxygen atoms in total. The van der Waals surface area contributed by atoms with Crippen LogP contribution in [0.5, 0.6) is 5.75 Å². The highest BCUT2D eigenvalue weighted by Crippen LogP contribution is 2.19. The molecule has 1 aromatic carbocycles. The molecule has 0 heterocycles. The number of aldehydes is 1. The van der Waals surface area contributed by atoms with Crippen LogP contribution >= 0.6 is 12.4 Å². The molecule has 0 aliphatic heterocycles. The molecule has 0 aliphatic rings. The van der Waals surface area contributed by atoms with Crippen molar-refractivity contribution in [2.45, 2.75) is 45.3 Å². The SMILES string of the molecule is CC(C)(C)OC(=O)CC[C@H](N)C(N)=O.COC(=O)c1cccc(O)c1C=O.Cl. The summed E-state index contributed by atoms with van der Waals surface area (Å²) in [6, 6.07) is 3.43. The van der Waals surface area contributed by atoms with Gasteiger partial charge >= 0.3 is 11.9 Å². The maximum absolute atomic E-state index is 11.2. The van der Waals surface area contributed by atoms with E-state index in [0.717, 1.165) is 0 Å². The van der Waals surface area contributed by atoms with Crippen molar-refractivity contribution < 1.29 is 33.8 Å². The number of amides is 1. The molecule has 5 N–H and O–H groups in total. The Morgan fingerprint density at radius 3 is 2.25 bits per heavy atom. The van der Waals surface area contributed by atoms with E-state index in [-0.39, 0.29) is 48.1 Å². The maximum Gasteiger partial charge on any atom is 0.338 e. The lowest BCUT2D eigenvalue weighted by molar-refractivity contribution is -0.155. The van der Waals surface area contributed by atoms with Crippen molar-refractivity contribution in [3.8, 4) is 5.75 Å². The highest BCUT2D eigenvalue weighted by Gasteiger charge is 2.18. The fourth-order valence-corrected chi connectivity index (χ4v) is 1.77. The summed E-state index contributed by atoms with van der Waals surface area (Å²) >= 11 is 0. The van der Waals surface area contributed by atoms with Gasteiger partial charge in [-0.2, -0.15) is 0 Å². The molecule has 0 bridgehead atoms. The second-order valence-corrected chi connectivity index (χ2v) is 6.48. The third-order valence-corrected chi connectivity index (χ3v) is 3.05. The summed E-state index contributed by atoms with van der Waals surface area (Å²) in [5.74, 6) is -1.83. The van der Waals surface area contributed by atoms with Gasteiger partial charge in [0.1, 0.15) is 11.4 Å². The monoisotopic (exact) mass is 418 g/mol. The van der Waals surface area contributed by atoms with E-state index in [4.69, 9.17) is 16.2 Å². The van der Waals surface area contributed by atoms with Crippen LogP contribution in [-0.4, -0.2) is 48.0 Å². The number of phenols is 1. The van der Waals surface area contributed by atoms with Crippen molar-refractivity contribution in [3.05, 3.63) is 29.3 Å². The van der Waals surface area contributed by atoms with Crippen molar-refractivity contribution in [1.82, 2.24) is 0 Å².